The topological polar surface area (TPSA) is 73.8 Å². The molecule has 2 heterocycles. The number of hydrogen-bond donors (Lipinski definition) is 1. The van der Waals surface area contributed by atoms with Gasteiger partial charge in [0.2, 0.25) is 0 Å². The van der Waals surface area contributed by atoms with Crippen LogP contribution >= 0.6 is 0 Å². The lowest BCUT2D eigenvalue weighted by atomic mass is 10.2. The van der Waals surface area contributed by atoms with E-state index in [2.05, 4.69) is 10.4 Å². The second-order valence-corrected chi connectivity index (χ2v) is 5.29. The zero-order chi connectivity index (χ0) is 15.7. The summed E-state index contributed by atoms with van der Waals surface area (Å²) in [4.78, 5) is 23.6. The zero-order valence-corrected chi connectivity index (χ0v) is 13.1. The lowest BCUT2D eigenvalue weighted by molar-refractivity contribution is 0.628. The molecule has 0 unspecified atom stereocenters. The van der Waals surface area contributed by atoms with Crippen molar-refractivity contribution in [2.75, 3.05) is 0 Å². The highest BCUT2D eigenvalue weighted by atomic mass is 16.2. The molecule has 0 radical (unpaired) electrons. The second kappa shape index (κ2) is 5.69. The van der Waals surface area contributed by atoms with Gasteiger partial charge in [-0.05, 0) is 13.8 Å². The van der Waals surface area contributed by atoms with Gasteiger partial charge in [-0.25, -0.2) is 4.79 Å². The van der Waals surface area contributed by atoms with E-state index in [-0.39, 0.29) is 11.2 Å². The van der Waals surface area contributed by atoms with Crippen LogP contribution in [0, 0.1) is 13.8 Å². The number of aryl methyl sites for hydroxylation is 3. The average molecular weight is 291 g/mol. The minimum Gasteiger partial charge on any atom is -0.308 e. The Hall–Kier alpha value is -2.15. The smallest absolute Gasteiger partial charge is 0.308 e. The van der Waals surface area contributed by atoms with Crippen molar-refractivity contribution in [3.05, 3.63) is 49.5 Å². The summed E-state index contributed by atoms with van der Waals surface area (Å²) < 4.78 is 4.38. The lowest BCUT2D eigenvalue weighted by Crippen LogP contribution is -2.39. The van der Waals surface area contributed by atoms with Crippen molar-refractivity contribution < 1.29 is 0 Å². The van der Waals surface area contributed by atoms with Crippen LogP contribution in [-0.4, -0.2) is 18.9 Å². The van der Waals surface area contributed by atoms with Crippen molar-refractivity contribution in [3.63, 3.8) is 0 Å². The largest absolute Gasteiger partial charge is 0.330 e. The van der Waals surface area contributed by atoms with Gasteiger partial charge in [0, 0.05) is 57.3 Å². The molecule has 0 saturated heterocycles. The Balaban J connectivity index is 2.15. The van der Waals surface area contributed by atoms with Crippen molar-refractivity contribution in [3.8, 4) is 0 Å². The molecule has 0 aliphatic carbocycles. The van der Waals surface area contributed by atoms with Gasteiger partial charge >= 0.3 is 5.69 Å². The molecule has 0 spiro atoms. The lowest BCUT2D eigenvalue weighted by Gasteiger charge is -2.08. The number of hydrogen-bond acceptors (Lipinski definition) is 4. The third-order valence-corrected chi connectivity index (χ3v) is 3.79. The molecule has 2 aromatic rings. The van der Waals surface area contributed by atoms with E-state index in [9.17, 15) is 9.59 Å². The van der Waals surface area contributed by atoms with Gasteiger partial charge in [-0.1, -0.05) is 0 Å². The van der Waals surface area contributed by atoms with E-state index in [1.165, 1.54) is 11.6 Å². The first-order valence-corrected chi connectivity index (χ1v) is 6.78. The third kappa shape index (κ3) is 2.82. The molecule has 2 rings (SSSR count). The van der Waals surface area contributed by atoms with Gasteiger partial charge in [0.25, 0.3) is 5.56 Å². The highest BCUT2D eigenvalue weighted by molar-refractivity contribution is 5.24. The number of nitrogens with one attached hydrogen (secondary N) is 1. The summed E-state index contributed by atoms with van der Waals surface area (Å²) in [6.07, 6.45) is 1.58. The standard InChI is InChI=1S/C14H21N5O2/c1-9-12(10(2)19(5)16-9)7-15-6-11-8-17(3)14(21)18(4)13(11)20/h8,15H,6-7H2,1-5H3. The van der Waals surface area contributed by atoms with E-state index in [1.807, 2.05) is 25.6 Å². The van der Waals surface area contributed by atoms with Crippen LogP contribution in [-0.2, 0) is 34.2 Å². The molecule has 0 aromatic carbocycles. The predicted molar refractivity (Wildman–Crippen MR) is 80.1 cm³/mol. The van der Waals surface area contributed by atoms with Gasteiger partial charge in [0.15, 0.2) is 0 Å². The fourth-order valence-corrected chi connectivity index (χ4v) is 2.40. The van der Waals surface area contributed by atoms with Crippen LogP contribution in [0.1, 0.15) is 22.5 Å². The molecule has 0 fully saturated rings. The fourth-order valence-electron chi connectivity index (χ4n) is 2.40. The average Bonchev–Trinajstić information content (AvgIpc) is 2.68. The molecule has 1 N–H and O–H groups in total. The van der Waals surface area contributed by atoms with E-state index >= 15 is 0 Å². The first-order valence-electron chi connectivity index (χ1n) is 6.78. The van der Waals surface area contributed by atoms with Crippen molar-refractivity contribution in [1.82, 2.24) is 24.2 Å². The van der Waals surface area contributed by atoms with E-state index in [4.69, 9.17) is 0 Å². The maximum atomic E-state index is 12.0. The van der Waals surface area contributed by atoms with Crippen LogP contribution in [0.15, 0.2) is 15.8 Å². The molecule has 2 aromatic heterocycles. The van der Waals surface area contributed by atoms with Crippen LogP contribution in [0.4, 0.5) is 0 Å². The molecule has 0 saturated carbocycles. The summed E-state index contributed by atoms with van der Waals surface area (Å²) in [6.45, 7) is 5.03. The highest BCUT2D eigenvalue weighted by Gasteiger charge is 2.10. The number of nitrogens with zero attached hydrogens (tertiary/aromatic N) is 4. The maximum Gasteiger partial charge on any atom is 0.330 e. The van der Waals surface area contributed by atoms with E-state index in [1.54, 1.807) is 13.2 Å². The summed E-state index contributed by atoms with van der Waals surface area (Å²) in [5, 5.41) is 7.60. The molecule has 21 heavy (non-hydrogen) atoms. The van der Waals surface area contributed by atoms with E-state index in [0.717, 1.165) is 21.5 Å². The number of aromatic nitrogens is 4. The van der Waals surface area contributed by atoms with Gasteiger partial charge in [-0.3, -0.25) is 14.0 Å². The molecule has 7 heteroatoms. The minimum absolute atomic E-state index is 0.259. The zero-order valence-electron chi connectivity index (χ0n) is 13.1. The molecule has 7 nitrogen and oxygen atoms in total. The van der Waals surface area contributed by atoms with Gasteiger partial charge in [-0.15, -0.1) is 0 Å². The number of rotatable bonds is 4. The minimum atomic E-state index is -0.317. The molecular formula is C14H21N5O2. The molecule has 0 atom stereocenters. The van der Waals surface area contributed by atoms with Gasteiger partial charge in [-0.2, -0.15) is 5.10 Å². The van der Waals surface area contributed by atoms with Crippen LogP contribution < -0.4 is 16.6 Å². The Labute approximate surface area is 122 Å². The predicted octanol–water partition coefficient (Wildman–Crippen LogP) is -0.276. The summed E-state index contributed by atoms with van der Waals surface area (Å²) >= 11 is 0. The summed E-state index contributed by atoms with van der Waals surface area (Å²) in [5.41, 5.74) is 3.22. The maximum absolute atomic E-state index is 12.0. The summed E-state index contributed by atoms with van der Waals surface area (Å²) in [7, 11) is 5.04. The van der Waals surface area contributed by atoms with Crippen molar-refractivity contribution in [2.24, 2.45) is 21.1 Å². The van der Waals surface area contributed by atoms with Gasteiger partial charge in [0.1, 0.15) is 0 Å². The van der Waals surface area contributed by atoms with E-state index in [0.29, 0.717) is 18.7 Å². The van der Waals surface area contributed by atoms with Crippen LogP contribution in [0.3, 0.4) is 0 Å². The molecule has 0 bridgehead atoms. The third-order valence-electron chi connectivity index (χ3n) is 3.79. The Morgan fingerprint density at radius 2 is 1.81 bits per heavy atom. The molecular weight excluding hydrogens is 270 g/mol. The second-order valence-electron chi connectivity index (χ2n) is 5.29. The highest BCUT2D eigenvalue weighted by Crippen LogP contribution is 2.11. The first-order chi connectivity index (χ1) is 9.82. The first kappa shape index (κ1) is 15.2. The van der Waals surface area contributed by atoms with Crippen molar-refractivity contribution in [2.45, 2.75) is 26.9 Å². The monoisotopic (exact) mass is 291 g/mol. The molecule has 114 valence electrons. The molecule has 0 aliphatic rings. The van der Waals surface area contributed by atoms with Crippen LogP contribution in [0.5, 0.6) is 0 Å². The Kier molecular flexibility index (Phi) is 4.13. The van der Waals surface area contributed by atoms with Crippen LogP contribution in [0.25, 0.3) is 0 Å². The molecule has 0 aliphatic heterocycles. The summed E-state index contributed by atoms with van der Waals surface area (Å²) in [5.74, 6) is 0. The van der Waals surface area contributed by atoms with Gasteiger partial charge in [0.05, 0.1) is 5.69 Å². The normalized spacial score (nSPS) is 11.1. The van der Waals surface area contributed by atoms with Crippen molar-refractivity contribution >= 4 is 0 Å². The SMILES string of the molecule is Cc1nn(C)c(C)c1CNCc1cn(C)c(=O)n(C)c1=O. The summed E-state index contributed by atoms with van der Waals surface area (Å²) in [6, 6.07) is 0. The Morgan fingerprint density at radius 1 is 1.14 bits per heavy atom. The van der Waals surface area contributed by atoms with Gasteiger partial charge < -0.3 is 9.88 Å². The Bertz CT molecular complexity index is 782. The van der Waals surface area contributed by atoms with Crippen LogP contribution in [0.2, 0.25) is 0 Å². The quantitative estimate of drug-likeness (QED) is 0.841. The Morgan fingerprint density at radius 3 is 2.38 bits per heavy atom. The van der Waals surface area contributed by atoms with Crippen molar-refractivity contribution in [1.29, 1.82) is 0 Å². The van der Waals surface area contributed by atoms with E-state index < -0.39 is 0 Å². The fraction of sp³-hybridized carbons (Fsp3) is 0.500. The molecule has 0 amide bonds.